The fourth-order valence-electron chi connectivity index (χ4n) is 4.28. The van der Waals surface area contributed by atoms with Crippen LogP contribution in [0.5, 0.6) is 0 Å². The molecule has 198 valence electrons. The normalized spacial score (nSPS) is 12.8. The monoisotopic (exact) mass is 519 g/mol. The molecule has 1 amide bonds. The Morgan fingerprint density at radius 3 is 2.39 bits per heavy atom. The van der Waals surface area contributed by atoms with Gasteiger partial charge >= 0.3 is 0 Å². The Balaban J connectivity index is 1.49. The smallest absolute Gasteiger partial charge is 0.289 e. The summed E-state index contributed by atoms with van der Waals surface area (Å²) in [5.74, 6) is -1.72. The number of aliphatic hydroxyl groups excluding tert-OH is 1. The number of nitrogens with zero attached hydrogens (tertiary/aromatic N) is 1. The van der Waals surface area contributed by atoms with Gasteiger partial charge in [0.15, 0.2) is 0 Å². The average Bonchev–Trinajstić information content (AvgIpc) is 3.30. The lowest BCUT2D eigenvalue weighted by Crippen LogP contribution is -2.48. The first-order valence-electron chi connectivity index (χ1n) is 12.6. The standard InChI is InChI=1S/C30H31F2N3O3/c1-3-20-8-7-9-21(12-20)17-33-18-27(36)26(15-22-13-24(31)16-25(32)14-22)35-29(37)28-19(2)34-30(38-28)23-10-5-4-6-11-23/h4-14,16,26-27,33,36H,3,15,17-18H2,1-2H3,(H,35,37)/t26-,27+/m0/s1. The Labute approximate surface area is 220 Å². The van der Waals surface area contributed by atoms with Crippen molar-refractivity contribution < 1.29 is 23.1 Å². The van der Waals surface area contributed by atoms with E-state index in [2.05, 4.69) is 34.7 Å². The number of rotatable bonds is 11. The van der Waals surface area contributed by atoms with Crippen LogP contribution >= 0.6 is 0 Å². The predicted octanol–water partition coefficient (Wildman–Crippen LogP) is 4.98. The summed E-state index contributed by atoms with van der Waals surface area (Å²) in [4.78, 5) is 17.5. The number of hydrogen-bond acceptors (Lipinski definition) is 5. The second-order valence-electron chi connectivity index (χ2n) is 9.23. The van der Waals surface area contributed by atoms with Crippen molar-refractivity contribution >= 4 is 5.91 Å². The van der Waals surface area contributed by atoms with E-state index in [9.17, 15) is 18.7 Å². The minimum atomic E-state index is -1.06. The lowest BCUT2D eigenvalue weighted by Gasteiger charge is -2.24. The van der Waals surface area contributed by atoms with Gasteiger partial charge in [0.05, 0.1) is 17.8 Å². The first-order valence-corrected chi connectivity index (χ1v) is 12.6. The molecule has 0 aliphatic carbocycles. The van der Waals surface area contributed by atoms with Crippen LogP contribution in [0.4, 0.5) is 8.78 Å². The van der Waals surface area contributed by atoms with E-state index in [0.29, 0.717) is 23.7 Å². The Morgan fingerprint density at radius 2 is 1.68 bits per heavy atom. The number of halogens is 2. The molecule has 1 heterocycles. The summed E-state index contributed by atoms with van der Waals surface area (Å²) in [6.07, 6.45) is -0.133. The third kappa shape index (κ3) is 7.12. The highest BCUT2D eigenvalue weighted by molar-refractivity contribution is 5.93. The minimum absolute atomic E-state index is 0.00726. The number of carbonyl (C=O) groups is 1. The SMILES string of the molecule is CCc1cccc(CNC[C@@H](O)[C@H](Cc2cc(F)cc(F)c2)NC(=O)c2oc(-c3ccccc3)nc2C)c1. The second kappa shape index (κ2) is 12.6. The first kappa shape index (κ1) is 27.2. The molecule has 0 fully saturated rings. The fraction of sp³-hybridized carbons (Fsp3) is 0.267. The topological polar surface area (TPSA) is 87.4 Å². The Bertz CT molecular complexity index is 1350. The maximum absolute atomic E-state index is 13.9. The number of carbonyl (C=O) groups excluding carboxylic acids is 1. The molecule has 0 spiro atoms. The molecule has 38 heavy (non-hydrogen) atoms. The van der Waals surface area contributed by atoms with E-state index in [4.69, 9.17) is 4.42 Å². The number of benzene rings is 3. The molecule has 1 aromatic heterocycles. The molecule has 8 heteroatoms. The fourth-order valence-corrected chi connectivity index (χ4v) is 4.28. The predicted molar refractivity (Wildman–Crippen MR) is 142 cm³/mol. The van der Waals surface area contributed by atoms with Crippen molar-refractivity contribution in [3.63, 3.8) is 0 Å². The molecule has 0 unspecified atom stereocenters. The summed E-state index contributed by atoms with van der Waals surface area (Å²) in [6, 6.07) is 19.6. The maximum atomic E-state index is 13.9. The summed E-state index contributed by atoms with van der Waals surface area (Å²) in [6.45, 7) is 4.40. The van der Waals surface area contributed by atoms with Crippen molar-refractivity contribution in [2.75, 3.05) is 6.54 Å². The molecule has 4 rings (SSSR count). The molecule has 0 bridgehead atoms. The van der Waals surface area contributed by atoms with Crippen LogP contribution in [0.2, 0.25) is 0 Å². The molecule has 6 nitrogen and oxygen atoms in total. The van der Waals surface area contributed by atoms with Gasteiger partial charge in [-0.1, -0.05) is 49.4 Å². The zero-order chi connectivity index (χ0) is 27.1. The molecule has 0 radical (unpaired) electrons. The molecule has 4 aromatic rings. The first-order chi connectivity index (χ1) is 18.3. The van der Waals surface area contributed by atoms with Crippen LogP contribution in [0.15, 0.2) is 77.2 Å². The van der Waals surface area contributed by atoms with Gasteiger partial charge in [-0.3, -0.25) is 4.79 Å². The maximum Gasteiger partial charge on any atom is 0.289 e. The summed E-state index contributed by atoms with van der Waals surface area (Å²) in [5, 5.41) is 17.0. The lowest BCUT2D eigenvalue weighted by molar-refractivity contribution is 0.0804. The van der Waals surface area contributed by atoms with E-state index in [0.717, 1.165) is 23.6 Å². The van der Waals surface area contributed by atoms with Crippen molar-refractivity contribution in [2.24, 2.45) is 0 Å². The number of oxazole rings is 1. The van der Waals surface area contributed by atoms with E-state index in [-0.39, 0.29) is 18.7 Å². The molecule has 0 aliphatic rings. The van der Waals surface area contributed by atoms with Crippen LogP contribution in [0.25, 0.3) is 11.5 Å². The number of amides is 1. The van der Waals surface area contributed by atoms with Gasteiger partial charge in [0.25, 0.3) is 5.91 Å². The van der Waals surface area contributed by atoms with E-state index >= 15 is 0 Å². The second-order valence-corrected chi connectivity index (χ2v) is 9.23. The summed E-state index contributed by atoms with van der Waals surface area (Å²) in [7, 11) is 0. The molecule has 3 aromatic carbocycles. The number of aliphatic hydroxyl groups is 1. The minimum Gasteiger partial charge on any atom is -0.431 e. The van der Waals surface area contributed by atoms with Crippen LogP contribution in [-0.4, -0.2) is 34.7 Å². The number of aromatic nitrogens is 1. The number of nitrogens with one attached hydrogen (secondary N) is 2. The molecular weight excluding hydrogens is 488 g/mol. The highest BCUT2D eigenvalue weighted by Gasteiger charge is 2.26. The van der Waals surface area contributed by atoms with Gasteiger partial charge < -0.3 is 20.2 Å². The third-order valence-electron chi connectivity index (χ3n) is 6.26. The molecule has 3 N–H and O–H groups in total. The van der Waals surface area contributed by atoms with Crippen molar-refractivity contribution in [1.82, 2.24) is 15.6 Å². The van der Waals surface area contributed by atoms with Crippen molar-refractivity contribution in [2.45, 2.75) is 45.4 Å². The summed E-state index contributed by atoms with van der Waals surface area (Å²) >= 11 is 0. The molecule has 0 saturated carbocycles. The number of hydrogen-bond donors (Lipinski definition) is 3. The average molecular weight is 520 g/mol. The quantitative estimate of drug-likeness (QED) is 0.260. The molecule has 0 saturated heterocycles. The van der Waals surface area contributed by atoms with Gasteiger partial charge in [0.2, 0.25) is 11.7 Å². The van der Waals surface area contributed by atoms with Crippen LogP contribution in [0, 0.1) is 18.6 Å². The largest absolute Gasteiger partial charge is 0.431 e. The van der Waals surface area contributed by atoms with Gasteiger partial charge in [-0.15, -0.1) is 0 Å². The van der Waals surface area contributed by atoms with E-state index in [1.165, 1.54) is 17.7 Å². The third-order valence-corrected chi connectivity index (χ3v) is 6.26. The van der Waals surface area contributed by atoms with Crippen molar-refractivity contribution in [3.8, 4) is 11.5 Å². The van der Waals surface area contributed by atoms with Crippen molar-refractivity contribution in [1.29, 1.82) is 0 Å². The molecule has 2 atom stereocenters. The van der Waals surface area contributed by atoms with Gasteiger partial charge in [-0.25, -0.2) is 13.8 Å². The Morgan fingerprint density at radius 1 is 0.974 bits per heavy atom. The lowest BCUT2D eigenvalue weighted by atomic mass is 10.00. The highest BCUT2D eigenvalue weighted by atomic mass is 19.1. The van der Waals surface area contributed by atoms with Gasteiger partial charge in [0, 0.05) is 24.7 Å². The molecular formula is C30H31F2N3O3. The van der Waals surface area contributed by atoms with Gasteiger partial charge in [-0.2, -0.15) is 0 Å². The highest BCUT2D eigenvalue weighted by Crippen LogP contribution is 2.22. The molecule has 0 aliphatic heterocycles. The zero-order valence-corrected chi connectivity index (χ0v) is 21.4. The van der Waals surface area contributed by atoms with Crippen LogP contribution < -0.4 is 10.6 Å². The van der Waals surface area contributed by atoms with E-state index in [1.807, 2.05) is 42.5 Å². The summed E-state index contributed by atoms with van der Waals surface area (Å²) < 4.78 is 33.5. The van der Waals surface area contributed by atoms with Crippen LogP contribution in [0.1, 0.15) is 39.9 Å². The zero-order valence-electron chi connectivity index (χ0n) is 21.4. The van der Waals surface area contributed by atoms with Gasteiger partial charge in [-0.05, 0) is 60.7 Å². The number of aryl methyl sites for hydroxylation is 2. The Hall–Kier alpha value is -3.88. The van der Waals surface area contributed by atoms with E-state index in [1.54, 1.807) is 6.92 Å². The van der Waals surface area contributed by atoms with Gasteiger partial charge in [0.1, 0.15) is 11.6 Å². The van der Waals surface area contributed by atoms with E-state index < -0.39 is 29.7 Å². The van der Waals surface area contributed by atoms with Crippen LogP contribution in [-0.2, 0) is 19.4 Å². The van der Waals surface area contributed by atoms with Crippen molar-refractivity contribution in [3.05, 3.63) is 113 Å². The summed E-state index contributed by atoms with van der Waals surface area (Å²) in [5.41, 5.74) is 3.69. The van der Waals surface area contributed by atoms with Crippen LogP contribution in [0.3, 0.4) is 0 Å². The Kier molecular flexibility index (Phi) is 8.99.